The second kappa shape index (κ2) is 9.11. The fourth-order valence-electron chi connectivity index (χ4n) is 6.10. The fraction of sp³-hybridized carbons (Fsp3) is 0.393. The van der Waals surface area contributed by atoms with Crippen LogP contribution in [0, 0.1) is 17.6 Å². The van der Waals surface area contributed by atoms with Crippen molar-refractivity contribution in [1.82, 2.24) is 9.47 Å². The molecule has 1 aromatic heterocycles. The Morgan fingerprint density at radius 1 is 1.08 bits per heavy atom. The summed E-state index contributed by atoms with van der Waals surface area (Å²) in [5.74, 6) is -2.33. The molecule has 38 heavy (non-hydrogen) atoms. The van der Waals surface area contributed by atoms with Gasteiger partial charge in [-0.3, -0.25) is 9.59 Å². The molecule has 2 aromatic carbocycles. The highest BCUT2D eigenvalue weighted by atomic mass is 19.1. The predicted molar refractivity (Wildman–Crippen MR) is 136 cm³/mol. The van der Waals surface area contributed by atoms with Crippen LogP contribution in [0.15, 0.2) is 41.3 Å². The van der Waals surface area contributed by atoms with Crippen molar-refractivity contribution in [3.63, 3.8) is 0 Å². The number of hydrogen-bond acceptors (Lipinski definition) is 5. The maximum atomic E-state index is 15.8. The zero-order chi connectivity index (χ0) is 26.7. The minimum absolute atomic E-state index is 0.00777. The number of rotatable bonds is 5. The molecular weight excluding hydrogens is 496 g/mol. The highest BCUT2D eigenvalue weighted by Crippen LogP contribution is 2.45. The number of carboxylic acid groups (broad SMARTS) is 1. The Kier molecular flexibility index (Phi) is 5.85. The van der Waals surface area contributed by atoms with E-state index in [4.69, 9.17) is 4.74 Å². The summed E-state index contributed by atoms with van der Waals surface area (Å²) in [6, 6.07) is 6.43. The summed E-state index contributed by atoms with van der Waals surface area (Å²) < 4.78 is 36.6. The van der Waals surface area contributed by atoms with Crippen LogP contribution < -0.4 is 15.1 Å². The number of ether oxygens (including phenoxy) is 1. The zero-order valence-corrected chi connectivity index (χ0v) is 20.8. The van der Waals surface area contributed by atoms with Crippen molar-refractivity contribution in [3.05, 3.63) is 69.5 Å². The van der Waals surface area contributed by atoms with Crippen LogP contribution in [0.25, 0.3) is 10.9 Å². The molecule has 3 fully saturated rings. The van der Waals surface area contributed by atoms with E-state index in [9.17, 15) is 23.9 Å². The second-order valence-electron chi connectivity index (χ2n) is 10.3. The van der Waals surface area contributed by atoms with E-state index >= 15 is 4.39 Å². The Balaban J connectivity index is 1.42. The molecule has 2 saturated heterocycles. The SMILES string of the molecule is COc1c(N2C[C@H]3CCCN(C(=O)c4ccc(F)cc4)[C@H]3C2)c(F)cc2c(=O)c(C(=O)O)cn(C3CC3)c12. The summed E-state index contributed by atoms with van der Waals surface area (Å²) in [4.78, 5) is 41.7. The Labute approximate surface area is 217 Å². The molecule has 0 bridgehead atoms. The van der Waals surface area contributed by atoms with E-state index < -0.39 is 28.6 Å². The number of aromatic carboxylic acids is 1. The largest absolute Gasteiger partial charge is 0.492 e. The normalized spacial score (nSPS) is 21.0. The average Bonchev–Trinajstić information content (AvgIpc) is 3.66. The molecule has 0 spiro atoms. The number of fused-ring (bicyclic) bond motifs is 2. The monoisotopic (exact) mass is 523 g/mol. The lowest BCUT2D eigenvalue weighted by molar-refractivity contribution is 0.0574. The highest BCUT2D eigenvalue weighted by molar-refractivity contribution is 5.97. The number of anilines is 1. The molecule has 1 saturated carbocycles. The van der Waals surface area contributed by atoms with Crippen LogP contribution in [0.3, 0.4) is 0 Å². The summed E-state index contributed by atoms with van der Waals surface area (Å²) in [6.45, 7) is 1.43. The van der Waals surface area contributed by atoms with E-state index in [-0.39, 0.29) is 40.7 Å². The Morgan fingerprint density at radius 3 is 2.47 bits per heavy atom. The molecule has 6 rings (SSSR count). The number of aromatic nitrogens is 1. The maximum absolute atomic E-state index is 15.8. The zero-order valence-electron chi connectivity index (χ0n) is 20.8. The number of halogens is 2. The second-order valence-corrected chi connectivity index (χ2v) is 10.3. The molecule has 8 nitrogen and oxygen atoms in total. The molecule has 0 unspecified atom stereocenters. The number of likely N-dealkylation sites (tertiary alicyclic amines) is 1. The van der Waals surface area contributed by atoms with E-state index in [0.717, 1.165) is 31.7 Å². The molecular formula is C28H27F2N3O5. The van der Waals surface area contributed by atoms with Gasteiger partial charge in [-0.25, -0.2) is 13.6 Å². The average molecular weight is 524 g/mol. The van der Waals surface area contributed by atoms with Crippen molar-refractivity contribution in [2.24, 2.45) is 5.92 Å². The van der Waals surface area contributed by atoms with Crippen molar-refractivity contribution < 1.29 is 28.2 Å². The number of amides is 1. The lowest BCUT2D eigenvalue weighted by Crippen LogP contribution is -2.48. The number of piperidine rings is 1. The van der Waals surface area contributed by atoms with Crippen LogP contribution in [0.1, 0.15) is 52.4 Å². The van der Waals surface area contributed by atoms with Gasteiger partial charge in [-0.1, -0.05) is 0 Å². The van der Waals surface area contributed by atoms with Gasteiger partial charge in [0.15, 0.2) is 11.6 Å². The number of carbonyl (C=O) groups excluding carboxylic acids is 1. The molecule has 2 atom stereocenters. The van der Waals surface area contributed by atoms with Crippen molar-refractivity contribution in [1.29, 1.82) is 0 Å². The van der Waals surface area contributed by atoms with Gasteiger partial charge in [0.1, 0.15) is 17.1 Å². The summed E-state index contributed by atoms with van der Waals surface area (Å²) in [7, 11) is 1.41. The topological polar surface area (TPSA) is 92.1 Å². The van der Waals surface area contributed by atoms with E-state index in [0.29, 0.717) is 30.7 Å². The van der Waals surface area contributed by atoms with Crippen molar-refractivity contribution >= 4 is 28.5 Å². The van der Waals surface area contributed by atoms with Gasteiger partial charge in [-0.15, -0.1) is 0 Å². The van der Waals surface area contributed by atoms with E-state index in [2.05, 4.69) is 0 Å². The minimum atomic E-state index is -1.36. The van der Waals surface area contributed by atoms with Gasteiger partial charge in [0.05, 0.1) is 24.1 Å². The lowest BCUT2D eigenvalue weighted by atomic mass is 9.91. The number of carboxylic acids is 1. The fourth-order valence-corrected chi connectivity index (χ4v) is 6.10. The lowest BCUT2D eigenvalue weighted by Gasteiger charge is -2.37. The van der Waals surface area contributed by atoms with Crippen LogP contribution >= 0.6 is 0 Å². The first-order valence-electron chi connectivity index (χ1n) is 12.8. The van der Waals surface area contributed by atoms with Crippen LogP contribution in [-0.2, 0) is 0 Å². The maximum Gasteiger partial charge on any atom is 0.341 e. The van der Waals surface area contributed by atoms with Gasteiger partial charge >= 0.3 is 5.97 Å². The molecule has 2 aliphatic heterocycles. The summed E-state index contributed by atoms with van der Waals surface area (Å²) in [5, 5.41) is 9.53. The smallest absolute Gasteiger partial charge is 0.341 e. The van der Waals surface area contributed by atoms with Crippen LogP contribution in [0.4, 0.5) is 14.5 Å². The van der Waals surface area contributed by atoms with Gasteiger partial charge in [0.2, 0.25) is 5.43 Å². The van der Waals surface area contributed by atoms with E-state index in [1.165, 1.54) is 37.6 Å². The number of hydrogen-bond donors (Lipinski definition) is 1. The molecule has 3 heterocycles. The third-order valence-corrected chi connectivity index (χ3v) is 8.02. The summed E-state index contributed by atoms with van der Waals surface area (Å²) >= 11 is 0. The standard InChI is InChI=1S/C28H27F2N3O5/c1-38-26-23-19(25(34)20(28(36)37)13-33(23)18-8-9-18)11-21(30)24(26)31-12-16-3-2-10-32(22(16)14-31)27(35)15-4-6-17(29)7-5-15/h4-7,11,13,16,18,22H,2-3,8-10,12,14H2,1H3,(H,36,37)/t16-,22+/m1/s1. The third kappa shape index (κ3) is 3.90. The first kappa shape index (κ1) is 24.4. The quantitative estimate of drug-likeness (QED) is 0.542. The van der Waals surface area contributed by atoms with Gasteiger partial charge in [0.25, 0.3) is 5.91 Å². The Hall–Kier alpha value is -3.95. The van der Waals surface area contributed by atoms with Gasteiger partial charge in [-0.05, 0) is 61.9 Å². The number of nitrogens with zero attached hydrogens (tertiary/aromatic N) is 3. The van der Waals surface area contributed by atoms with E-state index in [1.807, 2.05) is 4.90 Å². The van der Waals surface area contributed by atoms with Crippen LogP contribution in [0.2, 0.25) is 0 Å². The number of carbonyl (C=O) groups is 2. The summed E-state index contributed by atoms with van der Waals surface area (Å²) in [6.07, 6.45) is 4.66. The number of benzene rings is 2. The van der Waals surface area contributed by atoms with Crippen molar-refractivity contribution in [3.8, 4) is 5.75 Å². The molecule has 1 N–H and O–H groups in total. The molecule has 3 aliphatic rings. The minimum Gasteiger partial charge on any atom is -0.492 e. The molecule has 3 aromatic rings. The van der Waals surface area contributed by atoms with Crippen LogP contribution in [0.5, 0.6) is 5.75 Å². The van der Waals surface area contributed by atoms with Crippen molar-refractivity contribution in [2.75, 3.05) is 31.6 Å². The molecule has 1 aliphatic carbocycles. The van der Waals surface area contributed by atoms with Crippen LogP contribution in [-0.4, -0.2) is 59.2 Å². The Bertz CT molecular complexity index is 1520. The first-order chi connectivity index (χ1) is 18.3. The number of methoxy groups -OCH3 is 1. The van der Waals surface area contributed by atoms with Crippen molar-refractivity contribution in [2.45, 2.75) is 37.8 Å². The molecule has 198 valence electrons. The highest BCUT2D eigenvalue weighted by Gasteiger charge is 2.43. The first-order valence-corrected chi connectivity index (χ1v) is 12.8. The van der Waals surface area contributed by atoms with E-state index in [1.54, 1.807) is 9.47 Å². The summed E-state index contributed by atoms with van der Waals surface area (Å²) in [5.41, 5.74) is -0.154. The molecule has 0 radical (unpaired) electrons. The third-order valence-electron chi connectivity index (χ3n) is 8.02. The predicted octanol–water partition coefficient (Wildman–Crippen LogP) is 4.06. The number of pyridine rings is 1. The Morgan fingerprint density at radius 2 is 1.82 bits per heavy atom. The van der Waals surface area contributed by atoms with Gasteiger partial charge in [0, 0.05) is 37.4 Å². The van der Waals surface area contributed by atoms with Gasteiger partial charge < -0.3 is 24.2 Å². The molecule has 10 heteroatoms. The van der Waals surface area contributed by atoms with Gasteiger partial charge in [-0.2, -0.15) is 0 Å². The molecule has 1 amide bonds.